The fourth-order valence-electron chi connectivity index (χ4n) is 3.18. The molecule has 0 saturated heterocycles. The van der Waals surface area contributed by atoms with E-state index in [-0.39, 0.29) is 28.9 Å². The molecule has 1 amide bonds. The lowest BCUT2D eigenvalue weighted by Crippen LogP contribution is -2.36. The van der Waals surface area contributed by atoms with Crippen LogP contribution in [0, 0.1) is 24.4 Å². The molecule has 32 heavy (non-hydrogen) atoms. The molecule has 0 saturated carbocycles. The van der Waals surface area contributed by atoms with Crippen LogP contribution in [0.25, 0.3) is 11.1 Å². The van der Waals surface area contributed by atoms with E-state index in [0.717, 1.165) is 18.2 Å². The van der Waals surface area contributed by atoms with Crippen molar-refractivity contribution >= 4 is 12.1 Å². The summed E-state index contributed by atoms with van der Waals surface area (Å²) in [6, 6.07) is 2.66. The van der Waals surface area contributed by atoms with E-state index in [0.29, 0.717) is 0 Å². The summed E-state index contributed by atoms with van der Waals surface area (Å²) in [7, 11) is 0. The number of esters is 1. The van der Waals surface area contributed by atoms with E-state index < -0.39 is 53.3 Å². The maximum atomic E-state index is 14.8. The minimum Gasteiger partial charge on any atom is -0.507 e. The molecule has 0 aliphatic rings. The molecule has 0 aliphatic carbocycles. The first kappa shape index (κ1) is 25.0. The third-order valence-electron chi connectivity index (χ3n) is 4.37. The van der Waals surface area contributed by atoms with Crippen molar-refractivity contribution in [1.29, 1.82) is 0 Å². The number of hydrogen-bond acceptors (Lipinski definition) is 5. The largest absolute Gasteiger partial charge is 0.507 e. The molecule has 1 atom stereocenters. The zero-order chi connectivity index (χ0) is 24.2. The standard InChI is InChI=1S/C23H26F3NO5/c1-6-31-19(29)11-17(27-22(30)32-23(3,4)5)15-8-13(9-16(25)21(15)26)20-12(2)7-14(24)10-18(20)28/h7-10,17,28H,6,11H2,1-5H3,(H,27,30)/t17-/m0/s1. The number of halogens is 3. The number of phenols is 1. The van der Waals surface area contributed by atoms with Crippen molar-refractivity contribution in [3.63, 3.8) is 0 Å². The quantitative estimate of drug-likeness (QED) is 0.580. The van der Waals surface area contributed by atoms with Crippen LogP contribution in [0.4, 0.5) is 18.0 Å². The van der Waals surface area contributed by atoms with Gasteiger partial charge in [-0.2, -0.15) is 0 Å². The highest BCUT2D eigenvalue weighted by Gasteiger charge is 2.28. The van der Waals surface area contributed by atoms with Gasteiger partial charge in [0.05, 0.1) is 19.1 Å². The van der Waals surface area contributed by atoms with Crippen LogP contribution >= 0.6 is 0 Å². The third kappa shape index (κ3) is 6.38. The van der Waals surface area contributed by atoms with E-state index in [1.54, 1.807) is 27.7 Å². The summed E-state index contributed by atoms with van der Waals surface area (Å²) in [5.74, 6) is -4.49. The van der Waals surface area contributed by atoms with Crippen LogP contribution in [0.15, 0.2) is 24.3 Å². The minimum atomic E-state index is -1.33. The summed E-state index contributed by atoms with van der Waals surface area (Å²) in [5, 5.41) is 12.6. The molecule has 2 aromatic rings. The van der Waals surface area contributed by atoms with E-state index in [1.807, 2.05) is 0 Å². The molecular weight excluding hydrogens is 427 g/mol. The first-order valence-corrected chi connectivity index (χ1v) is 9.96. The molecule has 2 aromatic carbocycles. The Morgan fingerprint density at radius 1 is 1.12 bits per heavy atom. The van der Waals surface area contributed by atoms with Crippen molar-refractivity contribution in [3.05, 3.63) is 52.8 Å². The highest BCUT2D eigenvalue weighted by molar-refractivity contribution is 5.76. The summed E-state index contributed by atoms with van der Waals surface area (Å²) in [6.07, 6.45) is -1.45. The summed E-state index contributed by atoms with van der Waals surface area (Å²) in [6.45, 7) is 7.98. The zero-order valence-corrected chi connectivity index (χ0v) is 18.5. The number of alkyl carbamates (subject to hydrolysis) is 1. The summed E-state index contributed by atoms with van der Waals surface area (Å²) in [4.78, 5) is 24.4. The molecule has 0 aromatic heterocycles. The number of amides is 1. The van der Waals surface area contributed by atoms with Gasteiger partial charge in [-0.05, 0) is 63.9 Å². The van der Waals surface area contributed by atoms with Gasteiger partial charge in [0.25, 0.3) is 0 Å². The van der Waals surface area contributed by atoms with Gasteiger partial charge in [0.15, 0.2) is 11.6 Å². The Hall–Kier alpha value is -3.23. The minimum absolute atomic E-state index is 0.0359. The normalized spacial score (nSPS) is 12.2. The first-order valence-electron chi connectivity index (χ1n) is 9.96. The molecular formula is C23H26F3NO5. The van der Waals surface area contributed by atoms with E-state index >= 15 is 0 Å². The number of phenolic OH excluding ortho intramolecular Hbond substituents is 1. The monoisotopic (exact) mass is 453 g/mol. The second-order valence-electron chi connectivity index (χ2n) is 8.19. The van der Waals surface area contributed by atoms with Crippen molar-refractivity contribution in [2.45, 2.75) is 52.7 Å². The Morgan fingerprint density at radius 3 is 2.34 bits per heavy atom. The lowest BCUT2D eigenvalue weighted by Gasteiger charge is -2.24. The lowest BCUT2D eigenvalue weighted by molar-refractivity contribution is -0.143. The number of carbonyl (C=O) groups is 2. The van der Waals surface area contributed by atoms with Crippen molar-refractivity contribution in [2.75, 3.05) is 6.61 Å². The molecule has 0 aliphatic heterocycles. The van der Waals surface area contributed by atoms with Gasteiger partial charge in [-0.3, -0.25) is 4.79 Å². The van der Waals surface area contributed by atoms with E-state index in [1.165, 1.54) is 13.0 Å². The Bertz CT molecular complexity index is 994. The SMILES string of the molecule is CCOC(=O)C[C@H](NC(=O)OC(C)(C)C)c1cc(-c2c(C)cc(F)cc2O)cc(F)c1F. The maximum absolute atomic E-state index is 14.8. The van der Waals surface area contributed by atoms with Crippen molar-refractivity contribution in [1.82, 2.24) is 5.32 Å². The van der Waals surface area contributed by atoms with E-state index in [2.05, 4.69) is 5.32 Å². The Morgan fingerprint density at radius 2 is 1.78 bits per heavy atom. The van der Waals surface area contributed by atoms with Gasteiger partial charge < -0.3 is 19.9 Å². The molecule has 0 unspecified atom stereocenters. The van der Waals surface area contributed by atoms with E-state index in [4.69, 9.17) is 9.47 Å². The number of rotatable bonds is 6. The van der Waals surface area contributed by atoms with Gasteiger partial charge in [-0.15, -0.1) is 0 Å². The summed E-state index contributed by atoms with van der Waals surface area (Å²) >= 11 is 0. The van der Waals surface area contributed by atoms with Crippen LogP contribution in [0.5, 0.6) is 5.75 Å². The van der Waals surface area contributed by atoms with Gasteiger partial charge in [-0.1, -0.05) is 0 Å². The van der Waals surface area contributed by atoms with Gasteiger partial charge >= 0.3 is 12.1 Å². The third-order valence-corrected chi connectivity index (χ3v) is 4.37. The van der Waals surface area contributed by atoms with Crippen molar-refractivity contribution < 1.29 is 37.3 Å². The van der Waals surface area contributed by atoms with Crippen LogP contribution in [0.3, 0.4) is 0 Å². The average Bonchev–Trinajstić information content (AvgIpc) is 2.61. The van der Waals surface area contributed by atoms with Gasteiger partial charge in [0.2, 0.25) is 0 Å². The zero-order valence-electron chi connectivity index (χ0n) is 18.5. The van der Waals surface area contributed by atoms with Gasteiger partial charge in [-0.25, -0.2) is 18.0 Å². The number of nitrogens with one attached hydrogen (secondary N) is 1. The summed E-state index contributed by atoms with van der Waals surface area (Å²) in [5.41, 5.74) is -0.836. The fraction of sp³-hybridized carbons (Fsp3) is 0.391. The number of aryl methyl sites for hydroxylation is 1. The average molecular weight is 453 g/mol. The smallest absolute Gasteiger partial charge is 0.408 e. The van der Waals surface area contributed by atoms with Crippen LogP contribution in [-0.2, 0) is 14.3 Å². The van der Waals surface area contributed by atoms with Crippen molar-refractivity contribution in [3.8, 4) is 16.9 Å². The molecule has 0 fully saturated rings. The molecule has 2 N–H and O–H groups in total. The summed E-state index contributed by atoms with van der Waals surface area (Å²) < 4.78 is 52.9. The van der Waals surface area contributed by atoms with Gasteiger partial charge in [0.1, 0.15) is 17.2 Å². The maximum Gasteiger partial charge on any atom is 0.408 e. The molecule has 0 heterocycles. The van der Waals surface area contributed by atoms with Crippen LogP contribution in [0.1, 0.15) is 51.3 Å². The number of aromatic hydroxyl groups is 1. The number of carbonyl (C=O) groups excluding carboxylic acids is 2. The number of benzene rings is 2. The fourth-order valence-corrected chi connectivity index (χ4v) is 3.18. The highest BCUT2D eigenvalue weighted by Crippen LogP contribution is 2.36. The second kappa shape index (κ2) is 9.93. The molecule has 9 heteroatoms. The van der Waals surface area contributed by atoms with Crippen molar-refractivity contribution in [2.24, 2.45) is 0 Å². The molecule has 0 radical (unpaired) electrons. The Balaban J connectivity index is 2.57. The number of hydrogen-bond donors (Lipinski definition) is 2. The van der Waals surface area contributed by atoms with Crippen LogP contribution in [0.2, 0.25) is 0 Å². The molecule has 174 valence electrons. The van der Waals surface area contributed by atoms with Gasteiger partial charge in [0, 0.05) is 17.2 Å². The van der Waals surface area contributed by atoms with E-state index in [9.17, 15) is 27.9 Å². The Kier molecular flexibility index (Phi) is 7.77. The second-order valence-corrected chi connectivity index (χ2v) is 8.19. The first-order chi connectivity index (χ1) is 14.8. The molecule has 0 spiro atoms. The molecule has 2 rings (SSSR count). The lowest BCUT2D eigenvalue weighted by atomic mass is 9.94. The van der Waals surface area contributed by atoms with Crippen LogP contribution in [-0.4, -0.2) is 29.4 Å². The molecule has 0 bridgehead atoms. The number of ether oxygens (including phenoxy) is 2. The molecule has 6 nitrogen and oxygen atoms in total. The predicted octanol–water partition coefficient (Wildman–Crippen LogP) is 5.30. The van der Waals surface area contributed by atoms with Crippen LogP contribution < -0.4 is 5.32 Å². The Labute approximate surface area is 184 Å². The predicted molar refractivity (Wildman–Crippen MR) is 112 cm³/mol. The highest BCUT2D eigenvalue weighted by atomic mass is 19.2. The topological polar surface area (TPSA) is 84.9 Å².